The third-order valence-electron chi connectivity index (χ3n) is 5.10. The van der Waals surface area contributed by atoms with Crippen molar-refractivity contribution >= 4 is 17.5 Å². The highest BCUT2D eigenvalue weighted by Gasteiger charge is 2.27. The summed E-state index contributed by atoms with van der Waals surface area (Å²) >= 11 is 0. The van der Waals surface area contributed by atoms with Gasteiger partial charge in [0.1, 0.15) is 0 Å². The number of rotatable bonds is 10. The summed E-state index contributed by atoms with van der Waals surface area (Å²) < 4.78 is 11.1. The second-order valence-corrected chi connectivity index (χ2v) is 7.31. The molecule has 1 unspecified atom stereocenters. The maximum absolute atomic E-state index is 12.4. The van der Waals surface area contributed by atoms with Gasteiger partial charge in [-0.25, -0.2) is 0 Å². The summed E-state index contributed by atoms with van der Waals surface area (Å²) in [7, 11) is 1.86. The number of hydrogen-bond donors (Lipinski definition) is 3. The van der Waals surface area contributed by atoms with Gasteiger partial charge < -0.3 is 25.0 Å². The fourth-order valence-electron chi connectivity index (χ4n) is 3.36. The van der Waals surface area contributed by atoms with Crippen molar-refractivity contribution in [3.63, 3.8) is 0 Å². The second-order valence-electron chi connectivity index (χ2n) is 7.31. The molecule has 2 atom stereocenters. The van der Waals surface area contributed by atoms with Crippen LogP contribution in [0.1, 0.15) is 46.5 Å². The molecular weight excluding hydrogens is 358 g/mol. The number of benzene rings is 1. The molecule has 0 aliphatic heterocycles. The van der Waals surface area contributed by atoms with Crippen molar-refractivity contribution < 1.29 is 24.0 Å². The average molecular weight is 393 g/mol. The third kappa shape index (κ3) is 6.41. The fraction of sp³-hybridized carbons (Fsp3) is 0.619. The summed E-state index contributed by atoms with van der Waals surface area (Å²) in [5.41, 5.74) is 0.646. The number of hydrogen-bond acceptors (Lipinski definition) is 4. The Morgan fingerprint density at radius 2 is 1.79 bits per heavy atom. The predicted molar refractivity (Wildman–Crippen MR) is 109 cm³/mol. The molecule has 1 fully saturated rings. The maximum atomic E-state index is 12.4. The minimum atomic E-state index is -0.286. The molecule has 0 heterocycles. The summed E-state index contributed by atoms with van der Waals surface area (Å²) in [6.07, 6.45) is 4.46. The molecule has 1 saturated carbocycles. The Morgan fingerprint density at radius 1 is 1.14 bits per heavy atom. The van der Waals surface area contributed by atoms with Gasteiger partial charge in [0.2, 0.25) is 0 Å². The van der Waals surface area contributed by atoms with Crippen LogP contribution in [0.3, 0.4) is 0 Å². The smallest absolute Gasteiger partial charge is 0.279 e. The topological polar surface area (TPSA) is 81.1 Å². The molecule has 0 aromatic heterocycles. The van der Waals surface area contributed by atoms with Crippen molar-refractivity contribution in [3.8, 4) is 11.5 Å². The van der Waals surface area contributed by atoms with E-state index in [0.29, 0.717) is 30.4 Å². The number of amides is 2. The van der Waals surface area contributed by atoms with Crippen LogP contribution in [0.4, 0.5) is 5.69 Å². The minimum Gasteiger partial charge on any atom is -0.490 e. The Labute approximate surface area is 167 Å². The molecule has 1 aromatic carbocycles. The van der Waals surface area contributed by atoms with E-state index in [4.69, 9.17) is 9.47 Å². The standard InChI is InChI=1S/C21H33N3O4/c1-5-27-18-12-11-17(13-19(18)28-6-2)22-20(25)14-24(4)15(3)21(26)23-16-9-7-8-10-16/h11-13,15-16H,5-10,14H2,1-4H3,(H,22,25)(H,23,26)/p+1/t15-/m1/s1. The van der Waals surface area contributed by atoms with Gasteiger partial charge in [0.05, 0.1) is 20.3 Å². The fourth-order valence-corrected chi connectivity index (χ4v) is 3.36. The predicted octanol–water partition coefficient (Wildman–Crippen LogP) is 1.38. The lowest BCUT2D eigenvalue weighted by atomic mass is 10.2. The van der Waals surface area contributed by atoms with E-state index >= 15 is 0 Å². The van der Waals surface area contributed by atoms with Gasteiger partial charge in [-0.15, -0.1) is 0 Å². The van der Waals surface area contributed by atoms with Gasteiger partial charge in [-0.3, -0.25) is 9.59 Å². The van der Waals surface area contributed by atoms with Crippen LogP contribution in [-0.2, 0) is 9.59 Å². The number of nitrogens with one attached hydrogen (secondary N) is 3. The van der Waals surface area contributed by atoms with Crippen LogP contribution in [0.25, 0.3) is 0 Å². The van der Waals surface area contributed by atoms with E-state index in [1.54, 1.807) is 18.2 Å². The molecule has 156 valence electrons. The Morgan fingerprint density at radius 3 is 2.43 bits per heavy atom. The highest BCUT2D eigenvalue weighted by Crippen LogP contribution is 2.30. The van der Waals surface area contributed by atoms with Crippen LogP contribution in [-0.4, -0.2) is 50.7 Å². The largest absolute Gasteiger partial charge is 0.490 e. The first-order chi connectivity index (χ1) is 13.4. The Balaban J connectivity index is 1.89. The quantitative estimate of drug-likeness (QED) is 0.562. The van der Waals surface area contributed by atoms with Crippen molar-refractivity contribution in [1.29, 1.82) is 0 Å². The molecule has 0 radical (unpaired) electrons. The molecule has 7 heteroatoms. The highest BCUT2D eigenvalue weighted by atomic mass is 16.5. The lowest BCUT2D eigenvalue weighted by molar-refractivity contribution is -0.885. The molecule has 1 aromatic rings. The zero-order valence-corrected chi connectivity index (χ0v) is 17.5. The summed E-state index contributed by atoms with van der Waals surface area (Å²) in [6.45, 7) is 6.93. The van der Waals surface area contributed by atoms with Crippen molar-refractivity contribution in [2.75, 3.05) is 32.1 Å². The first kappa shape index (κ1) is 22.0. The number of likely N-dealkylation sites (N-methyl/N-ethyl adjacent to an activating group) is 1. The SMILES string of the molecule is CCOc1ccc(NC(=O)C[NH+](C)[C@H](C)C(=O)NC2CCCC2)cc1OCC. The van der Waals surface area contributed by atoms with Crippen molar-refractivity contribution in [3.05, 3.63) is 18.2 Å². The van der Waals surface area contributed by atoms with Gasteiger partial charge in [0.25, 0.3) is 11.8 Å². The third-order valence-corrected chi connectivity index (χ3v) is 5.10. The van der Waals surface area contributed by atoms with E-state index in [-0.39, 0.29) is 30.4 Å². The van der Waals surface area contributed by atoms with Crippen molar-refractivity contribution in [2.24, 2.45) is 0 Å². The average Bonchev–Trinajstić information content (AvgIpc) is 3.16. The molecule has 3 N–H and O–H groups in total. The van der Waals surface area contributed by atoms with E-state index < -0.39 is 0 Å². The van der Waals surface area contributed by atoms with Crippen LogP contribution >= 0.6 is 0 Å². The van der Waals surface area contributed by atoms with E-state index in [1.807, 2.05) is 27.8 Å². The summed E-state index contributed by atoms with van der Waals surface area (Å²) in [5.74, 6) is 1.12. The minimum absolute atomic E-state index is 0.0110. The first-order valence-corrected chi connectivity index (χ1v) is 10.3. The lowest BCUT2D eigenvalue weighted by Crippen LogP contribution is -3.15. The lowest BCUT2D eigenvalue weighted by Gasteiger charge is -2.22. The van der Waals surface area contributed by atoms with Gasteiger partial charge in [-0.2, -0.15) is 0 Å². The first-order valence-electron chi connectivity index (χ1n) is 10.3. The molecule has 2 amide bonds. The molecule has 1 aliphatic carbocycles. The Hall–Kier alpha value is -2.28. The molecule has 2 rings (SSSR count). The molecule has 1 aliphatic rings. The number of anilines is 1. The Kier molecular flexibility index (Phi) is 8.57. The maximum Gasteiger partial charge on any atom is 0.279 e. The van der Waals surface area contributed by atoms with Gasteiger partial charge in [-0.1, -0.05) is 12.8 Å². The van der Waals surface area contributed by atoms with Crippen LogP contribution in [0.5, 0.6) is 11.5 Å². The molecule has 0 bridgehead atoms. The molecule has 7 nitrogen and oxygen atoms in total. The zero-order valence-electron chi connectivity index (χ0n) is 17.5. The van der Waals surface area contributed by atoms with E-state index in [0.717, 1.165) is 17.7 Å². The van der Waals surface area contributed by atoms with Crippen molar-refractivity contribution in [2.45, 2.75) is 58.5 Å². The number of carbonyl (C=O) groups excluding carboxylic acids is 2. The van der Waals surface area contributed by atoms with Gasteiger partial charge in [0, 0.05) is 17.8 Å². The van der Waals surface area contributed by atoms with Crippen molar-refractivity contribution in [1.82, 2.24) is 5.32 Å². The van der Waals surface area contributed by atoms with Gasteiger partial charge in [-0.05, 0) is 45.7 Å². The number of quaternary nitrogens is 1. The van der Waals surface area contributed by atoms with Crippen LogP contribution in [0.15, 0.2) is 18.2 Å². The second kappa shape index (κ2) is 10.9. The number of ether oxygens (including phenoxy) is 2. The summed E-state index contributed by atoms with van der Waals surface area (Å²) in [5, 5.41) is 5.98. The van der Waals surface area contributed by atoms with Crippen LogP contribution in [0.2, 0.25) is 0 Å². The van der Waals surface area contributed by atoms with Crippen LogP contribution in [0, 0.1) is 0 Å². The summed E-state index contributed by atoms with van der Waals surface area (Å²) in [6, 6.07) is 5.34. The summed E-state index contributed by atoms with van der Waals surface area (Å²) in [4.78, 5) is 25.7. The molecule has 0 saturated heterocycles. The van der Waals surface area contributed by atoms with E-state index in [1.165, 1.54) is 12.8 Å². The number of carbonyl (C=O) groups is 2. The Bertz CT molecular complexity index is 659. The molecule has 28 heavy (non-hydrogen) atoms. The van der Waals surface area contributed by atoms with E-state index in [2.05, 4.69) is 10.6 Å². The molecule has 0 spiro atoms. The van der Waals surface area contributed by atoms with Crippen LogP contribution < -0.4 is 25.0 Å². The van der Waals surface area contributed by atoms with Gasteiger partial charge in [0.15, 0.2) is 24.1 Å². The zero-order chi connectivity index (χ0) is 20.5. The highest BCUT2D eigenvalue weighted by molar-refractivity contribution is 5.92. The monoisotopic (exact) mass is 392 g/mol. The normalized spacial score (nSPS) is 16.3. The van der Waals surface area contributed by atoms with Gasteiger partial charge >= 0.3 is 0 Å². The molecular formula is C21H34N3O4+. The van der Waals surface area contributed by atoms with E-state index in [9.17, 15) is 9.59 Å².